The van der Waals surface area contributed by atoms with Crippen LogP contribution in [-0.4, -0.2) is 55.6 Å². The van der Waals surface area contributed by atoms with Crippen molar-refractivity contribution in [3.8, 4) is 11.5 Å². The average molecular weight is 454 g/mol. The minimum absolute atomic E-state index is 0.0547. The van der Waals surface area contributed by atoms with Crippen molar-refractivity contribution in [2.75, 3.05) is 37.7 Å². The zero-order valence-electron chi connectivity index (χ0n) is 18.5. The van der Waals surface area contributed by atoms with Gasteiger partial charge in [-0.05, 0) is 42.7 Å². The van der Waals surface area contributed by atoms with Crippen LogP contribution in [0.1, 0.15) is 24.8 Å². The molecule has 0 spiro atoms. The number of likely N-dealkylation sites (tertiary alicyclic amines) is 1. The largest absolute Gasteiger partial charge is 0.486 e. The third-order valence-corrected chi connectivity index (χ3v) is 6.59. The Bertz CT molecular complexity index is 1020. The Labute approximate surface area is 192 Å². The van der Waals surface area contributed by atoms with Gasteiger partial charge in [-0.3, -0.25) is 14.5 Å². The summed E-state index contributed by atoms with van der Waals surface area (Å²) in [5.74, 6) is 0.617. The van der Waals surface area contributed by atoms with E-state index in [1.165, 1.54) is 12.1 Å². The van der Waals surface area contributed by atoms with E-state index < -0.39 is 0 Å². The second-order valence-corrected chi connectivity index (χ2v) is 8.92. The number of piperidine rings is 1. The molecule has 2 aromatic carbocycles. The van der Waals surface area contributed by atoms with Crippen molar-refractivity contribution in [2.24, 2.45) is 5.92 Å². The van der Waals surface area contributed by atoms with Gasteiger partial charge in [0.15, 0.2) is 11.5 Å². The van der Waals surface area contributed by atoms with E-state index in [-0.39, 0.29) is 36.0 Å². The topological polar surface area (TPSA) is 71.1 Å². The molecule has 0 aromatic heterocycles. The van der Waals surface area contributed by atoms with Crippen LogP contribution in [0.4, 0.5) is 10.1 Å². The molecule has 5 rings (SSSR count). The highest BCUT2D eigenvalue weighted by Crippen LogP contribution is 2.36. The second kappa shape index (κ2) is 9.39. The van der Waals surface area contributed by atoms with Crippen molar-refractivity contribution >= 4 is 17.5 Å². The minimum atomic E-state index is -0.358. The lowest BCUT2D eigenvalue weighted by Gasteiger charge is -2.32. The van der Waals surface area contributed by atoms with Gasteiger partial charge in [0.05, 0.1) is 5.92 Å². The van der Waals surface area contributed by atoms with Gasteiger partial charge in [0.1, 0.15) is 19.0 Å². The van der Waals surface area contributed by atoms with Crippen LogP contribution in [0.3, 0.4) is 0 Å². The van der Waals surface area contributed by atoms with Gasteiger partial charge >= 0.3 is 0 Å². The highest BCUT2D eigenvalue weighted by Gasteiger charge is 2.36. The predicted octanol–water partition coefficient (Wildman–Crippen LogP) is 2.73. The van der Waals surface area contributed by atoms with Crippen LogP contribution in [0, 0.1) is 11.7 Å². The lowest BCUT2D eigenvalue weighted by Crippen LogP contribution is -2.46. The van der Waals surface area contributed by atoms with E-state index in [1.54, 1.807) is 4.90 Å². The highest BCUT2D eigenvalue weighted by atomic mass is 19.1. The number of nitrogens with one attached hydrogen (secondary N) is 1. The summed E-state index contributed by atoms with van der Waals surface area (Å²) in [4.78, 5) is 29.5. The summed E-state index contributed by atoms with van der Waals surface area (Å²) in [6, 6.07) is 12.2. The lowest BCUT2D eigenvalue weighted by atomic mass is 10.0. The quantitative estimate of drug-likeness (QED) is 0.754. The third kappa shape index (κ3) is 4.95. The first-order valence-corrected chi connectivity index (χ1v) is 11.5. The summed E-state index contributed by atoms with van der Waals surface area (Å²) < 4.78 is 24.3. The molecule has 3 aliphatic heterocycles. The number of rotatable bonds is 5. The number of anilines is 1. The third-order valence-electron chi connectivity index (χ3n) is 6.59. The Morgan fingerprint density at radius 2 is 1.76 bits per heavy atom. The maximum Gasteiger partial charge on any atom is 0.227 e. The van der Waals surface area contributed by atoms with Crippen molar-refractivity contribution in [2.45, 2.75) is 31.8 Å². The molecular formula is C25H28FN3O4. The molecule has 174 valence electrons. The number of carbonyl (C=O) groups is 2. The molecule has 1 atom stereocenters. The predicted molar refractivity (Wildman–Crippen MR) is 121 cm³/mol. The number of fused-ring (bicyclic) bond motifs is 1. The zero-order chi connectivity index (χ0) is 22.8. The molecule has 7 nitrogen and oxygen atoms in total. The number of hydrogen-bond donors (Lipinski definition) is 1. The van der Waals surface area contributed by atoms with Crippen LogP contribution in [0.15, 0.2) is 42.5 Å². The average Bonchev–Trinajstić information content (AvgIpc) is 3.23. The van der Waals surface area contributed by atoms with E-state index in [0.29, 0.717) is 31.3 Å². The highest BCUT2D eigenvalue weighted by molar-refractivity contribution is 6.00. The summed E-state index contributed by atoms with van der Waals surface area (Å²) in [5, 5.41) is 3.16. The zero-order valence-corrected chi connectivity index (χ0v) is 18.5. The van der Waals surface area contributed by atoms with E-state index in [0.717, 1.165) is 43.7 Å². The van der Waals surface area contributed by atoms with Gasteiger partial charge in [0, 0.05) is 50.4 Å². The molecule has 2 aromatic rings. The monoisotopic (exact) mass is 453 g/mol. The molecular weight excluding hydrogens is 425 g/mol. The van der Waals surface area contributed by atoms with Crippen LogP contribution in [0.2, 0.25) is 0 Å². The van der Waals surface area contributed by atoms with Crippen molar-refractivity contribution in [3.63, 3.8) is 0 Å². The number of benzene rings is 2. The van der Waals surface area contributed by atoms with Gasteiger partial charge < -0.3 is 19.7 Å². The maximum atomic E-state index is 13.1. The molecule has 0 aliphatic carbocycles. The summed E-state index contributed by atoms with van der Waals surface area (Å²) in [6.45, 7) is 3.89. The van der Waals surface area contributed by atoms with Crippen LogP contribution >= 0.6 is 0 Å². The Morgan fingerprint density at radius 3 is 2.52 bits per heavy atom. The van der Waals surface area contributed by atoms with Crippen LogP contribution in [0.25, 0.3) is 0 Å². The van der Waals surface area contributed by atoms with Gasteiger partial charge in [-0.15, -0.1) is 0 Å². The second-order valence-electron chi connectivity index (χ2n) is 8.92. The summed E-state index contributed by atoms with van der Waals surface area (Å²) in [7, 11) is 0. The summed E-state index contributed by atoms with van der Waals surface area (Å²) in [6.07, 6.45) is 1.93. The van der Waals surface area contributed by atoms with Crippen molar-refractivity contribution < 1.29 is 23.5 Å². The van der Waals surface area contributed by atoms with Crippen LogP contribution < -0.4 is 19.7 Å². The molecule has 0 bridgehead atoms. The van der Waals surface area contributed by atoms with Crippen LogP contribution in [0.5, 0.6) is 11.5 Å². The van der Waals surface area contributed by atoms with Crippen molar-refractivity contribution in [3.05, 3.63) is 53.8 Å². The first-order valence-electron chi connectivity index (χ1n) is 11.5. The molecule has 1 N–H and O–H groups in total. The Kier molecular flexibility index (Phi) is 6.17. The molecule has 2 fully saturated rings. The molecule has 33 heavy (non-hydrogen) atoms. The molecule has 3 heterocycles. The Hall–Kier alpha value is -3.13. The molecule has 3 aliphatic rings. The number of nitrogens with zero attached hydrogens (tertiary/aromatic N) is 2. The number of hydrogen-bond acceptors (Lipinski definition) is 5. The molecule has 2 amide bonds. The van der Waals surface area contributed by atoms with E-state index >= 15 is 0 Å². The SMILES string of the molecule is O=C(NC1CCN(Cc2ccc(F)cc2)CC1)C1CC(=O)N(c2ccc3c(c2)OCCO3)C1. The standard InChI is InChI=1S/C25H28FN3O4/c26-19-3-1-17(2-4-19)15-28-9-7-20(8-10-28)27-25(31)18-13-24(30)29(16-18)21-5-6-22-23(14-21)33-12-11-32-22/h1-6,14,18,20H,7-13,15-16H2,(H,27,31). The van der Waals surface area contributed by atoms with Gasteiger partial charge in [0.2, 0.25) is 11.8 Å². The van der Waals surface area contributed by atoms with Gasteiger partial charge in [-0.1, -0.05) is 12.1 Å². The normalized spacial score (nSPS) is 21.3. The molecule has 2 saturated heterocycles. The summed E-state index contributed by atoms with van der Waals surface area (Å²) >= 11 is 0. The van der Waals surface area contributed by atoms with E-state index in [9.17, 15) is 14.0 Å². The minimum Gasteiger partial charge on any atom is -0.486 e. The fourth-order valence-corrected chi connectivity index (χ4v) is 4.74. The number of carbonyl (C=O) groups excluding carboxylic acids is 2. The fourth-order valence-electron chi connectivity index (χ4n) is 4.74. The molecule has 1 unspecified atom stereocenters. The van der Waals surface area contributed by atoms with Gasteiger partial charge in [-0.25, -0.2) is 4.39 Å². The number of amides is 2. The fraction of sp³-hybridized carbons (Fsp3) is 0.440. The molecule has 0 saturated carbocycles. The number of ether oxygens (including phenoxy) is 2. The first-order chi connectivity index (χ1) is 16.0. The van der Waals surface area contributed by atoms with Crippen molar-refractivity contribution in [1.82, 2.24) is 10.2 Å². The van der Waals surface area contributed by atoms with Gasteiger partial charge in [0.25, 0.3) is 0 Å². The van der Waals surface area contributed by atoms with E-state index in [1.807, 2.05) is 30.3 Å². The van der Waals surface area contributed by atoms with Gasteiger partial charge in [-0.2, -0.15) is 0 Å². The van der Waals surface area contributed by atoms with E-state index in [2.05, 4.69) is 10.2 Å². The summed E-state index contributed by atoms with van der Waals surface area (Å²) in [5.41, 5.74) is 1.82. The Balaban J connectivity index is 1.12. The molecule has 0 radical (unpaired) electrons. The number of halogens is 1. The van der Waals surface area contributed by atoms with Crippen molar-refractivity contribution in [1.29, 1.82) is 0 Å². The Morgan fingerprint density at radius 1 is 1.03 bits per heavy atom. The maximum absolute atomic E-state index is 13.1. The smallest absolute Gasteiger partial charge is 0.227 e. The first kappa shape index (κ1) is 21.7. The molecule has 8 heteroatoms. The lowest BCUT2D eigenvalue weighted by molar-refractivity contribution is -0.127. The van der Waals surface area contributed by atoms with E-state index in [4.69, 9.17) is 9.47 Å². The van der Waals surface area contributed by atoms with Crippen LogP contribution in [-0.2, 0) is 16.1 Å².